The highest BCUT2D eigenvalue weighted by Crippen LogP contribution is 2.43. The van der Waals surface area contributed by atoms with Crippen molar-refractivity contribution in [1.29, 1.82) is 0 Å². The van der Waals surface area contributed by atoms with Crippen LogP contribution in [0.1, 0.15) is 39.9 Å². The fraction of sp³-hybridized carbons (Fsp3) is 0.235. The Kier molecular flexibility index (Phi) is 9.04. The molecule has 8 nitrogen and oxygen atoms in total. The second-order valence-corrected chi connectivity index (χ2v) is 10.0. The third-order valence-electron chi connectivity index (χ3n) is 7.50. The van der Waals surface area contributed by atoms with Gasteiger partial charge in [0.1, 0.15) is 12.6 Å². The molecule has 0 spiro atoms. The minimum Gasteiger partial charge on any atom is -0.493 e. The molecule has 0 saturated carbocycles. The average molecular weight is 567 g/mol. The van der Waals surface area contributed by atoms with E-state index in [9.17, 15) is 14.7 Å². The summed E-state index contributed by atoms with van der Waals surface area (Å²) in [5, 5.41) is 13.1. The van der Waals surface area contributed by atoms with Gasteiger partial charge in [0.25, 0.3) is 0 Å². The summed E-state index contributed by atoms with van der Waals surface area (Å²) in [6, 6.07) is 29.6. The third kappa shape index (κ3) is 6.09. The van der Waals surface area contributed by atoms with Crippen LogP contribution in [0.3, 0.4) is 0 Å². The van der Waals surface area contributed by atoms with Crippen molar-refractivity contribution >= 4 is 12.0 Å². The van der Waals surface area contributed by atoms with Gasteiger partial charge in [0.2, 0.25) is 5.91 Å². The van der Waals surface area contributed by atoms with Crippen molar-refractivity contribution in [2.45, 2.75) is 31.2 Å². The first-order valence-electron chi connectivity index (χ1n) is 13.8. The smallest absolute Gasteiger partial charge is 0.411 e. The molecule has 4 aromatic rings. The molecular weight excluding hydrogens is 532 g/mol. The van der Waals surface area contributed by atoms with Gasteiger partial charge in [0.15, 0.2) is 11.5 Å². The Labute approximate surface area is 245 Å². The number of benzene rings is 4. The lowest BCUT2D eigenvalue weighted by atomic mass is 9.84. The monoisotopic (exact) mass is 566 g/mol. The number of ether oxygens (including phenoxy) is 3. The number of hydrogen-bond donors (Lipinski definition) is 2. The van der Waals surface area contributed by atoms with Crippen LogP contribution in [0.4, 0.5) is 4.79 Å². The van der Waals surface area contributed by atoms with Gasteiger partial charge < -0.3 is 24.6 Å². The normalized spacial score (nSPS) is 16.6. The molecule has 5 rings (SSSR count). The van der Waals surface area contributed by atoms with Gasteiger partial charge in [-0.15, -0.1) is 0 Å². The average Bonchev–Trinajstić information content (AvgIpc) is 3.05. The lowest BCUT2D eigenvalue weighted by Crippen LogP contribution is -2.55. The number of aliphatic hydroxyl groups is 1. The van der Waals surface area contributed by atoms with E-state index >= 15 is 0 Å². The van der Waals surface area contributed by atoms with Crippen molar-refractivity contribution in [3.05, 3.63) is 131 Å². The first-order chi connectivity index (χ1) is 20.5. The number of hydrogen-bond acceptors (Lipinski definition) is 6. The first-order valence-corrected chi connectivity index (χ1v) is 13.8. The van der Waals surface area contributed by atoms with E-state index < -0.39 is 30.1 Å². The van der Waals surface area contributed by atoms with Gasteiger partial charge in [-0.1, -0.05) is 91.0 Å². The minimum absolute atomic E-state index is 0.0497. The summed E-state index contributed by atoms with van der Waals surface area (Å²) in [7, 11) is 3.12. The lowest BCUT2D eigenvalue weighted by Gasteiger charge is -2.42. The summed E-state index contributed by atoms with van der Waals surface area (Å²) in [6.07, 6.45) is -0.424. The minimum atomic E-state index is -0.943. The standard InChI is InChI=1S/C34H34N2O6/c1-40-30-19-26-18-29(33(38)35-28(21-37)24-14-8-4-9-15-24)36(34(39)42-22-23-12-6-3-7-13-23)32(25-16-10-5-11-17-25)27(26)20-31(30)41-2/h3-17,19-20,28-29,32,37H,18,21-22H2,1-2H3,(H,35,38)/t28-,29+,32-/m1/s1. The van der Waals surface area contributed by atoms with E-state index in [2.05, 4.69) is 5.32 Å². The number of fused-ring (bicyclic) bond motifs is 1. The molecule has 3 atom stereocenters. The van der Waals surface area contributed by atoms with Gasteiger partial charge >= 0.3 is 6.09 Å². The van der Waals surface area contributed by atoms with Crippen molar-refractivity contribution in [2.75, 3.05) is 20.8 Å². The molecule has 8 heteroatoms. The third-order valence-corrected chi connectivity index (χ3v) is 7.50. The summed E-state index contributed by atoms with van der Waals surface area (Å²) in [5.74, 6) is 0.637. The Morgan fingerprint density at radius 1 is 0.881 bits per heavy atom. The molecule has 2 N–H and O–H groups in total. The summed E-state index contributed by atoms with van der Waals surface area (Å²) in [4.78, 5) is 29.6. The summed E-state index contributed by atoms with van der Waals surface area (Å²) >= 11 is 0. The maximum atomic E-state index is 14.1. The summed E-state index contributed by atoms with van der Waals surface area (Å²) in [5.41, 5.74) is 4.04. The molecule has 0 radical (unpaired) electrons. The Morgan fingerprint density at radius 3 is 2.10 bits per heavy atom. The second kappa shape index (κ2) is 13.2. The van der Waals surface area contributed by atoms with Gasteiger partial charge in [-0.05, 0) is 39.9 Å². The number of nitrogens with zero attached hydrogens (tertiary/aromatic N) is 1. The molecule has 1 heterocycles. The number of amides is 2. The molecule has 42 heavy (non-hydrogen) atoms. The van der Waals surface area contributed by atoms with Gasteiger partial charge in [-0.25, -0.2) is 4.79 Å². The molecule has 0 fully saturated rings. The van der Waals surface area contributed by atoms with E-state index in [1.54, 1.807) is 14.2 Å². The van der Waals surface area contributed by atoms with Crippen LogP contribution in [0.5, 0.6) is 11.5 Å². The van der Waals surface area contributed by atoms with E-state index in [-0.39, 0.29) is 19.6 Å². The summed E-state index contributed by atoms with van der Waals surface area (Å²) < 4.78 is 17.0. The Hall–Kier alpha value is -4.82. The van der Waals surface area contributed by atoms with E-state index in [1.165, 1.54) is 4.90 Å². The molecule has 0 aromatic heterocycles. The molecule has 0 saturated heterocycles. The fourth-order valence-electron chi connectivity index (χ4n) is 5.41. The molecule has 216 valence electrons. The molecule has 1 aliphatic rings. The zero-order valence-electron chi connectivity index (χ0n) is 23.6. The Morgan fingerprint density at radius 2 is 1.48 bits per heavy atom. The van der Waals surface area contributed by atoms with Crippen LogP contribution in [0.15, 0.2) is 103 Å². The number of rotatable bonds is 9. The van der Waals surface area contributed by atoms with Crippen LogP contribution < -0.4 is 14.8 Å². The molecule has 4 aromatic carbocycles. The maximum Gasteiger partial charge on any atom is 0.411 e. The van der Waals surface area contributed by atoms with Crippen LogP contribution >= 0.6 is 0 Å². The number of nitrogens with one attached hydrogen (secondary N) is 1. The Bertz CT molecular complexity index is 1500. The molecule has 2 amide bonds. The SMILES string of the molecule is COc1cc2c(cc1OC)[C@@H](c1ccccc1)N(C(=O)OCc1ccccc1)[C@H](C(=O)N[C@H](CO)c1ccccc1)C2. The van der Waals surface area contributed by atoms with E-state index in [4.69, 9.17) is 14.2 Å². The van der Waals surface area contributed by atoms with E-state index in [0.717, 1.165) is 27.8 Å². The first kappa shape index (κ1) is 28.7. The lowest BCUT2D eigenvalue weighted by molar-refractivity contribution is -0.128. The molecule has 0 aliphatic carbocycles. The van der Waals surface area contributed by atoms with Gasteiger partial charge in [0.05, 0.1) is 32.9 Å². The molecule has 1 aliphatic heterocycles. The fourth-order valence-corrected chi connectivity index (χ4v) is 5.41. The van der Waals surface area contributed by atoms with Crippen LogP contribution in [0.25, 0.3) is 0 Å². The molecular formula is C34H34N2O6. The number of methoxy groups -OCH3 is 2. The quantitative estimate of drug-likeness (QED) is 0.289. The number of carbonyl (C=O) groups excluding carboxylic acids is 2. The zero-order valence-corrected chi connectivity index (χ0v) is 23.6. The predicted octanol–water partition coefficient (Wildman–Crippen LogP) is 5.21. The highest BCUT2D eigenvalue weighted by molar-refractivity contribution is 5.87. The van der Waals surface area contributed by atoms with Crippen LogP contribution in [-0.4, -0.2) is 48.9 Å². The van der Waals surface area contributed by atoms with Crippen molar-refractivity contribution in [3.63, 3.8) is 0 Å². The van der Waals surface area contributed by atoms with Gasteiger partial charge in [-0.2, -0.15) is 0 Å². The largest absolute Gasteiger partial charge is 0.493 e. The topological polar surface area (TPSA) is 97.3 Å². The predicted molar refractivity (Wildman–Crippen MR) is 158 cm³/mol. The number of aliphatic hydroxyl groups excluding tert-OH is 1. The second-order valence-electron chi connectivity index (χ2n) is 10.0. The molecule has 0 bridgehead atoms. The van der Waals surface area contributed by atoms with Crippen molar-refractivity contribution in [3.8, 4) is 11.5 Å². The van der Waals surface area contributed by atoms with E-state index in [1.807, 2.05) is 103 Å². The number of carbonyl (C=O) groups is 2. The Balaban J connectivity index is 1.58. The molecule has 0 unspecified atom stereocenters. The zero-order chi connectivity index (χ0) is 29.5. The van der Waals surface area contributed by atoms with Crippen molar-refractivity contribution < 1.29 is 28.9 Å². The van der Waals surface area contributed by atoms with Crippen LogP contribution in [0, 0.1) is 0 Å². The van der Waals surface area contributed by atoms with Crippen LogP contribution in [0.2, 0.25) is 0 Å². The highest BCUT2D eigenvalue weighted by Gasteiger charge is 2.44. The van der Waals surface area contributed by atoms with E-state index in [0.29, 0.717) is 11.5 Å². The van der Waals surface area contributed by atoms with Gasteiger partial charge in [-0.3, -0.25) is 9.69 Å². The van der Waals surface area contributed by atoms with Crippen molar-refractivity contribution in [2.24, 2.45) is 0 Å². The van der Waals surface area contributed by atoms with Gasteiger partial charge in [0, 0.05) is 6.42 Å². The van der Waals surface area contributed by atoms with Crippen molar-refractivity contribution in [1.82, 2.24) is 10.2 Å². The maximum absolute atomic E-state index is 14.1. The highest BCUT2D eigenvalue weighted by atomic mass is 16.6. The summed E-state index contributed by atoms with van der Waals surface area (Å²) in [6.45, 7) is -0.251. The van der Waals surface area contributed by atoms with Crippen LogP contribution in [-0.2, 0) is 22.6 Å².